The smallest absolute Gasteiger partial charge is 0.248 e. The van der Waals surface area contributed by atoms with Crippen molar-refractivity contribution in [2.75, 3.05) is 30.3 Å². The summed E-state index contributed by atoms with van der Waals surface area (Å²) in [7, 11) is 0. The fourth-order valence-electron chi connectivity index (χ4n) is 4.87. The molecule has 1 amide bonds. The number of hydrogen-bond donors (Lipinski definition) is 4. The van der Waals surface area contributed by atoms with Crippen LogP contribution in [-0.2, 0) is 11.2 Å². The summed E-state index contributed by atoms with van der Waals surface area (Å²) in [5, 5.41) is 15.1. The molecular formula is C27H37N7O2S. The van der Waals surface area contributed by atoms with Gasteiger partial charge in [-0.2, -0.15) is 0 Å². The number of aliphatic hydroxyl groups excluding tert-OH is 1. The van der Waals surface area contributed by atoms with E-state index in [4.69, 9.17) is 16.5 Å². The predicted molar refractivity (Wildman–Crippen MR) is 152 cm³/mol. The normalized spacial score (nSPS) is 21.4. The molecule has 1 aliphatic carbocycles. The molecule has 2 unspecified atom stereocenters. The average molecular weight is 524 g/mol. The third-order valence-electron chi connectivity index (χ3n) is 7.00. The number of aliphatic hydroxyl groups is 1. The number of carbonyl (C=O) groups excluding carboxylic acids is 1. The first-order chi connectivity index (χ1) is 17.9. The number of piperidine rings is 1. The minimum atomic E-state index is -0.514. The van der Waals surface area contributed by atoms with Gasteiger partial charge in [-0.05, 0) is 37.3 Å². The number of amidine groups is 1. The number of amides is 1. The molecule has 4 rings (SSSR count). The Bertz CT molecular complexity index is 1140. The fraction of sp³-hybridized carbons (Fsp3) is 0.481. The first-order valence-corrected chi connectivity index (χ1v) is 13.9. The van der Waals surface area contributed by atoms with Crippen LogP contribution in [0.3, 0.4) is 0 Å². The quantitative estimate of drug-likeness (QED) is 0.410. The Balaban J connectivity index is 1.37. The van der Waals surface area contributed by atoms with Crippen molar-refractivity contribution in [2.24, 2.45) is 27.4 Å². The van der Waals surface area contributed by atoms with Crippen molar-refractivity contribution in [3.05, 3.63) is 47.6 Å². The number of rotatable bonds is 8. The number of pyridine rings is 1. The molecule has 1 fully saturated rings. The third-order valence-corrected chi connectivity index (χ3v) is 8.01. The molecule has 10 heteroatoms. The van der Waals surface area contributed by atoms with Gasteiger partial charge in [0.15, 0.2) is 0 Å². The van der Waals surface area contributed by atoms with E-state index in [1.807, 2.05) is 6.08 Å². The summed E-state index contributed by atoms with van der Waals surface area (Å²) < 4.78 is 0. The van der Waals surface area contributed by atoms with Gasteiger partial charge in [-0.3, -0.25) is 4.79 Å². The van der Waals surface area contributed by atoms with Crippen LogP contribution in [0.2, 0.25) is 0 Å². The number of allylic oxidation sites excluding steroid dienone is 1. The van der Waals surface area contributed by atoms with Crippen molar-refractivity contribution < 1.29 is 9.90 Å². The fourth-order valence-corrected chi connectivity index (χ4v) is 5.78. The maximum atomic E-state index is 11.3. The monoisotopic (exact) mass is 523 g/mol. The van der Waals surface area contributed by atoms with E-state index in [1.165, 1.54) is 11.9 Å². The molecule has 0 saturated carbocycles. The molecule has 0 spiro atoms. The minimum absolute atomic E-state index is 0.0134. The van der Waals surface area contributed by atoms with Gasteiger partial charge >= 0.3 is 0 Å². The van der Waals surface area contributed by atoms with E-state index in [1.54, 1.807) is 23.9 Å². The molecule has 2 aliphatic heterocycles. The largest absolute Gasteiger partial charge is 0.391 e. The lowest BCUT2D eigenvalue weighted by Gasteiger charge is -2.35. The van der Waals surface area contributed by atoms with Crippen molar-refractivity contribution in [3.8, 4) is 0 Å². The Labute approximate surface area is 222 Å². The molecule has 37 heavy (non-hydrogen) atoms. The summed E-state index contributed by atoms with van der Waals surface area (Å²) >= 11 is 1.58. The van der Waals surface area contributed by atoms with E-state index < -0.39 is 12.0 Å². The summed E-state index contributed by atoms with van der Waals surface area (Å²) in [6, 6.07) is 2.52. The maximum absolute atomic E-state index is 11.3. The number of nitrogens with two attached hydrogens (primary N) is 2. The molecule has 2 atom stereocenters. The molecule has 1 saturated heterocycles. The van der Waals surface area contributed by atoms with Crippen molar-refractivity contribution >= 4 is 41.4 Å². The highest BCUT2D eigenvalue weighted by Gasteiger charge is 2.25. The number of aryl methyl sites for hydroxylation is 1. The number of nitrogens with one attached hydrogen (secondary N) is 1. The van der Waals surface area contributed by atoms with Crippen molar-refractivity contribution in [3.63, 3.8) is 0 Å². The first kappa shape index (κ1) is 27.1. The summed E-state index contributed by atoms with van der Waals surface area (Å²) in [5.41, 5.74) is 14.7. The molecule has 0 radical (unpaired) electrons. The van der Waals surface area contributed by atoms with E-state index in [0.29, 0.717) is 41.9 Å². The van der Waals surface area contributed by atoms with Crippen molar-refractivity contribution in [1.29, 1.82) is 0 Å². The zero-order valence-corrected chi connectivity index (χ0v) is 22.2. The molecule has 9 nitrogen and oxygen atoms in total. The Morgan fingerprint density at radius 3 is 2.84 bits per heavy atom. The van der Waals surface area contributed by atoms with Gasteiger partial charge in [-0.25, -0.2) is 15.0 Å². The highest BCUT2D eigenvalue weighted by molar-refractivity contribution is 8.00. The van der Waals surface area contributed by atoms with E-state index >= 15 is 0 Å². The Hall–Kier alpha value is -2.95. The number of nitrogens with zero attached hydrogens (tertiary/aromatic N) is 4. The van der Waals surface area contributed by atoms with Gasteiger partial charge in [0, 0.05) is 42.7 Å². The zero-order chi connectivity index (χ0) is 26.4. The topological polar surface area (TPSA) is 142 Å². The highest BCUT2D eigenvalue weighted by atomic mass is 32.2. The van der Waals surface area contributed by atoms with E-state index in [2.05, 4.69) is 39.8 Å². The second-order valence-electron chi connectivity index (χ2n) is 9.69. The van der Waals surface area contributed by atoms with Crippen LogP contribution in [0, 0.1) is 5.92 Å². The lowest BCUT2D eigenvalue weighted by atomic mass is 9.91. The average Bonchev–Trinajstić information content (AvgIpc) is 2.97. The van der Waals surface area contributed by atoms with E-state index in [-0.39, 0.29) is 5.92 Å². The van der Waals surface area contributed by atoms with E-state index in [0.717, 1.165) is 55.2 Å². The van der Waals surface area contributed by atoms with Crippen LogP contribution in [-0.4, -0.2) is 65.7 Å². The molecule has 6 N–H and O–H groups in total. The zero-order valence-electron chi connectivity index (χ0n) is 21.4. The van der Waals surface area contributed by atoms with Gasteiger partial charge in [0.05, 0.1) is 17.6 Å². The molecule has 0 bridgehead atoms. The molecule has 3 aliphatic rings. The number of hydrogen-bond acceptors (Lipinski definition) is 9. The number of thioether (sulfide) groups is 1. The van der Waals surface area contributed by atoms with Crippen LogP contribution in [0.15, 0.2) is 51.5 Å². The summed E-state index contributed by atoms with van der Waals surface area (Å²) in [5.74, 6) is 1.60. The van der Waals surface area contributed by atoms with Crippen molar-refractivity contribution in [2.45, 2.75) is 56.2 Å². The second kappa shape index (κ2) is 12.5. The predicted octanol–water partition coefficient (Wildman–Crippen LogP) is 2.40. The minimum Gasteiger partial charge on any atom is -0.391 e. The molecule has 0 aromatic carbocycles. The number of primary amides is 1. The lowest BCUT2D eigenvalue weighted by Crippen LogP contribution is -2.46. The highest BCUT2D eigenvalue weighted by Crippen LogP contribution is 2.34. The molecule has 1 aromatic rings. The Morgan fingerprint density at radius 1 is 1.38 bits per heavy atom. The summed E-state index contributed by atoms with van der Waals surface area (Å²) in [6.07, 6.45) is 10.8. The number of fused-ring (bicyclic) bond motifs is 1. The van der Waals surface area contributed by atoms with Crippen LogP contribution >= 0.6 is 11.8 Å². The van der Waals surface area contributed by atoms with Crippen LogP contribution in [0.5, 0.6) is 0 Å². The number of aromatic nitrogens is 1. The van der Waals surface area contributed by atoms with Gasteiger partial charge in [0.2, 0.25) is 5.91 Å². The number of aliphatic imine (C=N–C) groups is 2. The molecule has 3 heterocycles. The standard InChI is InChI=1S/C27H37N7O2S/c1-3-4-20-13-24(33-27-25(20)17(2)31-16-32-23(28)15-37-27)34-11-9-21(10-12-34)30-14-22(35)18-5-7-19(8-6-18)26(29)36/h5,7-8,13,16,18,21-22,30,35H,2-4,6,9-12,14-15H2,1H3,(H2,29,36)(H2,28,31,32). The van der Waals surface area contributed by atoms with Crippen LogP contribution < -0.4 is 21.7 Å². The van der Waals surface area contributed by atoms with Crippen LogP contribution in [0.4, 0.5) is 5.82 Å². The van der Waals surface area contributed by atoms with Crippen LogP contribution in [0.25, 0.3) is 5.70 Å². The Kier molecular flexibility index (Phi) is 9.18. The lowest BCUT2D eigenvalue weighted by molar-refractivity contribution is -0.114. The van der Waals surface area contributed by atoms with Gasteiger partial charge < -0.3 is 26.8 Å². The van der Waals surface area contributed by atoms with E-state index in [9.17, 15) is 9.90 Å². The second-order valence-corrected chi connectivity index (χ2v) is 10.7. The number of anilines is 1. The Morgan fingerprint density at radius 2 is 2.16 bits per heavy atom. The molecular weight excluding hydrogens is 486 g/mol. The van der Waals surface area contributed by atoms with Gasteiger partial charge in [0.25, 0.3) is 0 Å². The van der Waals surface area contributed by atoms with Gasteiger partial charge in [0.1, 0.15) is 23.0 Å². The first-order valence-electron chi connectivity index (χ1n) is 12.9. The third kappa shape index (κ3) is 6.88. The summed E-state index contributed by atoms with van der Waals surface area (Å²) in [4.78, 5) is 27.2. The van der Waals surface area contributed by atoms with Gasteiger partial charge in [-0.15, -0.1) is 0 Å². The van der Waals surface area contributed by atoms with Gasteiger partial charge in [-0.1, -0.05) is 49.9 Å². The van der Waals surface area contributed by atoms with Crippen LogP contribution in [0.1, 0.15) is 43.7 Å². The van der Waals surface area contributed by atoms with Crippen molar-refractivity contribution in [1.82, 2.24) is 10.3 Å². The maximum Gasteiger partial charge on any atom is 0.248 e. The SMILES string of the molecule is C=C1N=CN=C(N)CSc2nc(N3CCC(NCC(O)C4C=CC(C(N)=O)=CC4)CC3)cc(CCC)c21. The summed E-state index contributed by atoms with van der Waals surface area (Å²) in [6.45, 7) is 8.61. The number of carbonyl (C=O) groups is 1. The molecule has 198 valence electrons. The molecule has 1 aromatic heterocycles.